The molecule has 1 aromatic carbocycles. The van der Waals surface area contributed by atoms with Crippen LogP contribution in [-0.4, -0.2) is 54.8 Å². The third-order valence-electron chi connectivity index (χ3n) is 5.67. The molecule has 0 bridgehead atoms. The normalized spacial score (nSPS) is 21.7. The second-order valence-electron chi connectivity index (χ2n) is 8.95. The van der Waals surface area contributed by atoms with E-state index in [4.69, 9.17) is 9.47 Å². The Bertz CT molecular complexity index is 741. The molecule has 2 heterocycles. The van der Waals surface area contributed by atoms with Gasteiger partial charge in [-0.05, 0) is 64.2 Å². The van der Waals surface area contributed by atoms with Crippen LogP contribution < -0.4 is 5.32 Å². The number of ether oxygens (including phenoxy) is 2. The number of rotatable bonds is 4. The first-order chi connectivity index (χ1) is 13.7. The fourth-order valence-corrected chi connectivity index (χ4v) is 4.50. The number of benzene rings is 1. The van der Waals surface area contributed by atoms with Gasteiger partial charge in [0.2, 0.25) is 5.91 Å². The smallest absolute Gasteiger partial charge is 0.410 e. The molecule has 1 atom stereocenters. The fourth-order valence-electron chi connectivity index (χ4n) is 4.10. The predicted octanol–water partition coefficient (Wildman–Crippen LogP) is 4.01. The zero-order valence-corrected chi connectivity index (χ0v) is 19.1. The van der Waals surface area contributed by atoms with Gasteiger partial charge in [-0.2, -0.15) is 0 Å². The van der Waals surface area contributed by atoms with Crippen LogP contribution in [0.5, 0.6) is 0 Å². The molecule has 3 rings (SSSR count). The molecule has 0 aromatic heterocycles. The van der Waals surface area contributed by atoms with Crippen LogP contribution in [0, 0.1) is 0 Å². The Morgan fingerprint density at radius 3 is 2.69 bits per heavy atom. The van der Waals surface area contributed by atoms with Crippen molar-refractivity contribution < 1.29 is 19.1 Å². The van der Waals surface area contributed by atoms with E-state index in [2.05, 4.69) is 33.4 Å². The molecule has 1 aromatic rings. The number of hydrogen-bond donors (Lipinski definition) is 1. The summed E-state index contributed by atoms with van der Waals surface area (Å²) in [7, 11) is 0. The second kappa shape index (κ2) is 9.04. The second-order valence-corrected chi connectivity index (χ2v) is 9.87. The quantitative estimate of drug-likeness (QED) is 0.727. The molecule has 7 heteroatoms. The highest BCUT2D eigenvalue weighted by molar-refractivity contribution is 9.10. The summed E-state index contributed by atoms with van der Waals surface area (Å²) in [6, 6.07) is 7.81. The molecule has 0 spiro atoms. The highest BCUT2D eigenvalue weighted by Crippen LogP contribution is 2.35. The van der Waals surface area contributed by atoms with E-state index >= 15 is 0 Å². The van der Waals surface area contributed by atoms with Crippen molar-refractivity contribution in [1.82, 2.24) is 10.2 Å². The Morgan fingerprint density at radius 1 is 1.31 bits per heavy atom. The number of amides is 2. The Balaban J connectivity index is 1.69. The molecule has 2 saturated heterocycles. The summed E-state index contributed by atoms with van der Waals surface area (Å²) in [5.41, 5.74) is 0.464. The van der Waals surface area contributed by atoms with Crippen LogP contribution in [0.15, 0.2) is 28.7 Å². The highest BCUT2D eigenvalue weighted by Gasteiger charge is 2.39. The van der Waals surface area contributed by atoms with Gasteiger partial charge in [0.25, 0.3) is 0 Å². The van der Waals surface area contributed by atoms with Crippen LogP contribution in [0.25, 0.3) is 0 Å². The molecule has 2 aliphatic rings. The number of nitrogens with zero attached hydrogens (tertiary/aromatic N) is 1. The molecule has 0 aliphatic carbocycles. The molecule has 29 heavy (non-hydrogen) atoms. The topological polar surface area (TPSA) is 67.9 Å². The van der Waals surface area contributed by atoms with Crippen LogP contribution in [0.1, 0.15) is 52.0 Å². The van der Waals surface area contributed by atoms with Crippen molar-refractivity contribution in [2.24, 2.45) is 0 Å². The number of nitrogens with one attached hydrogen (secondary N) is 1. The number of likely N-dealkylation sites (tertiary alicyclic amines) is 1. The molecule has 2 fully saturated rings. The van der Waals surface area contributed by atoms with E-state index in [1.165, 1.54) is 5.56 Å². The van der Waals surface area contributed by atoms with Crippen LogP contribution in [0.4, 0.5) is 4.79 Å². The first-order valence-corrected chi connectivity index (χ1v) is 11.1. The summed E-state index contributed by atoms with van der Waals surface area (Å²) in [5.74, 6) is -0.103. The van der Waals surface area contributed by atoms with Gasteiger partial charge in [0.1, 0.15) is 11.6 Å². The van der Waals surface area contributed by atoms with Crippen molar-refractivity contribution in [3.63, 3.8) is 0 Å². The lowest BCUT2D eigenvalue weighted by Gasteiger charge is -2.38. The summed E-state index contributed by atoms with van der Waals surface area (Å²) in [5, 5.41) is 3.14. The average molecular weight is 467 g/mol. The Hall–Kier alpha value is -1.60. The van der Waals surface area contributed by atoms with Crippen molar-refractivity contribution in [1.29, 1.82) is 0 Å². The maximum Gasteiger partial charge on any atom is 0.410 e. The number of halogens is 1. The molecule has 0 radical (unpaired) electrons. The molecule has 0 saturated carbocycles. The van der Waals surface area contributed by atoms with Gasteiger partial charge >= 0.3 is 6.09 Å². The number of carbonyl (C=O) groups is 2. The monoisotopic (exact) mass is 466 g/mol. The van der Waals surface area contributed by atoms with Gasteiger partial charge in [-0.3, -0.25) is 9.69 Å². The summed E-state index contributed by atoms with van der Waals surface area (Å²) in [6.45, 7) is 7.95. The van der Waals surface area contributed by atoms with E-state index in [1.54, 1.807) is 4.90 Å². The van der Waals surface area contributed by atoms with E-state index in [0.717, 1.165) is 23.7 Å². The first kappa shape index (κ1) is 22.1. The van der Waals surface area contributed by atoms with Gasteiger partial charge < -0.3 is 14.8 Å². The molecule has 6 nitrogen and oxygen atoms in total. The largest absolute Gasteiger partial charge is 0.444 e. The molecular weight excluding hydrogens is 436 g/mol. The molecule has 160 valence electrons. The van der Waals surface area contributed by atoms with Crippen LogP contribution >= 0.6 is 15.9 Å². The summed E-state index contributed by atoms with van der Waals surface area (Å²) >= 11 is 3.56. The van der Waals surface area contributed by atoms with E-state index in [0.29, 0.717) is 32.7 Å². The van der Waals surface area contributed by atoms with E-state index in [9.17, 15) is 9.59 Å². The SMILES string of the molecule is CC(C)(C)OC(=O)N1CCCC1C(=O)NCC1(c2cccc(Br)c2)CCOCC1. The molecule has 2 aliphatic heterocycles. The predicted molar refractivity (Wildman–Crippen MR) is 115 cm³/mol. The van der Waals surface area contributed by atoms with Crippen LogP contribution in [-0.2, 0) is 19.7 Å². The van der Waals surface area contributed by atoms with Crippen molar-refractivity contribution in [3.8, 4) is 0 Å². The standard InChI is InChI=1S/C22H31BrN2O4/c1-21(2,3)29-20(27)25-11-5-8-18(25)19(26)24-15-22(9-12-28-13-10-22)16-6-4-7-17(23)14-16/h4,6-7,14,18H,5,8-13,15H2,1-3H3,(H,24,26). The summed E-state index contributed by atoms with van der Waals surface area (Å²) in [4.78, 5) is 27.1. The Kier molecular flexibility index (Phi) is 6.89. The molecule has 1 N–H and O–H groups in total. The third kappa shape index (κ3) is 5.51. The van der Waals surface area contributed by atoms with Crippen molar-refractivity contribution in [2.45, 2.75) is 63.5 Å². The van der Waals surface area contributed by atoms with Gasteiger partial charge in [-0.15, -0.1) is 0 Å². The van der Waals surface area contributed by atoms with Crippen molar-refractivity contribution >= 4 is 27.9 Å². The maximum absolute atomic E-state index is 13.0. The minimum absolute atomic E-state index is 0.103. The van der Waals surface area contributed by atoms with E-state index in [1.807, 2.05) is 32.9 Å². The first-order valence-electron chi connectivity index (χ1n) is 10.3. The summed E-state index contributed by atoms with van der Waals surface area (Å²) in [6.07, 6.45) is 2.76. The average Bonchev–Trinajstić information content (AvgIpc) is 3.16. The number of hydrogen-bond acceptors (Lipinski definition) is 4. The van der Waals surface area contributed by atoms with Gasteiger partial charge in [-0.25, -0.2) is 4.79 Å². The maximum atomic E-state index is 13.0. The number of carbonyl (C=O) groups excluding carboxylic acids is 2. The van der Waals surface area contributed by atoms with Gasteiger partial charge in [0.05, 0.1) is 0 Å². The fraction of sp³-hybridized carbons (Fsp3) is 0.636. The Labute approximate surface area is 181 Å². The van der Waals surface area contributed by atoms with Crippen molar-refractivity contribution in [3.05, 3.63) is 34.3 Å². The summed E-state index contributed by atoms with van der Waals surface area (Å²) < 4.78 is 12.1. The molecule has 1 unspecified atom stereocenters. The Morgan fingerprint density at radius 2 is 2.03 bits per heavy atom. The van der Waals surface area contributed by atoms with E-state index in [-0.39, 0.29) is 11.3 Å². The highest BCUT2D eigenvalue weighted by atomic mass is 79.9. The van der Waals surface area contributed by atoms with Gasteiger partial charge in [0, 0.05) is 36.2 Å². The lowest BCUT2D eigenvalue weighted by Crippen LogP contribution is -2.51. The molecule has 2 amide bonds. The lowest BCUT2D eigenvalue weighted by molar-refractivity contribution is -0.126. The lowest BCUT2D eigenvalue weighted by atomic mass is 9.74. The minimum atomic E-state index is -0.576. The zero-order valence-electron chi connectivity index (χ0n) is 17.5. The van der Waals surface area contributed by atoms with E-state index < -0.39 is 17.7 Å². The van der Waals surface area contributed by atoms with Crippen molar-refractivity contribution in [2.75, 3.05) is 26.3 Å². The van der Waals surface area contributed by atoms with Gasteiger partial charge in [-0.1, -0.05) is 28.1 Å². The third-order valence-corrected chi connectivity index (χ3v) is 6.16. The van der Waals surface area contributed by atoms with Crippen LogP contribution in [0.3, 0.4) is 0 Å². The van der Waals surface area contributed by atoms with Gasteiger partial charge in [0.15, 0.2) is 0 Å². The zero-order chi connectivity index (χ0) is 21.1. The minimum Gasteiger partial charge on any atom is -0.444 e. The van der Waals surface area contributed by atoms with Crippen LogP contribution in [0.2, 0.25) is 0 Å². The molecular formula is C22H31BrN2O4.